The Balaban J connectivity index is 1.94. The van der Waals surface area contributed by atoms with E-state index in [2.05, 4.69) is 36.4 Å². The van der Waals surface area contributed by atoms with Crippen LogP contribution in [0.15, 0.2) is 97.1 Å². The molecular weight excluding hydrogens is 331 g/mol. The van der Waals surface area contributed by atoms with Gasteiger partial charge in [0.1, 0.15) is 5.82 Å². The fourth-order valence-electron chi connectivity index (χ4n) is 2.61. The van der Waals surface area contributed by atoms with Crippen molar-refractivity contribution >= 4 is 22.7 Å². The van der Waals surface area contributed by atoms with Crippen molar-refractivity contribution < 1.29 is 4.39 Å². The first-order valence-electron chi connectivity index (χ1n) is 8.14. The molecule has 1 atom stereocenters. The van der Waals surface area contributed by atoms with Crippen LogP contribution in [0.25, 0.3) is 11.1 Å². The Kier molecular flexibility index (Phi) is 5.81. The topological polar surface area (TPSA) is 0 Å². The number of rotatable bonds is 5. The molecule has 3 rings (SSSR count). The van der Waals surface area contributed by atoms with Gasteiger partial charge in [-0.2, -0.15) is 0 Å². The number of hydrogen-bond donors (Lipinski definition) is 0. The zero-order valence-electron chi connectivity index (χ0n) is 13.6. The Morgan fingerprint density at radius 3 is 2.20 bits per heavy atom. The van der Waals surface area contributed by atoms with Gasteiger partial charge in [-0.1, -0.05) is 103 Å². The lowest BCUT2D eigenvalue weighted by Gasteiger charge is -2.10. The van der Waals surface area contributed by atoms with Crippen molar-refractivity contribution in [3.8, 4) is 0 Å². The molecule has 1 unspecified atom stereocenters. The van der Waals surface area contributed by atoms with Crippen molar-refractivity contribution in [2.75, 3.05) is 0 Å². The van der Waals surface area contributed by atoms with Crippen LogP contribution < -0.4 is 0 Å². The minimum Gasteiger partial charge on any atom is -0.207 e. The van der Waals surface area contributed by atoms with Crippen molar-refractivity contribution in [1.29, 1.82) is 0 Å². The van der Waals surface area contributed by atoms with Crippen LogP contribution in [-0.4, -0.2) is 0 Å². The summed E-state index contributed by atoms with van der Waals surface area (Å²) in [6.07, 6.45) is 6.13. The van der Waals surface area contributed by atoms with Gasteiger partial charge in [0.15, 0.2) is 0 Å². The van der Waals surface area contributed by atoms with Crippen LogP contribution in [0.4, 0.5) is 4.39 Å². The molecule has 0 saturated carbocycles. The zero-order valence-corrected chi connectivity index (χ0v) is 14.4. The summed E-state index contributed by atoms with van der Waals surface area (Å²) in [7, 11) is 0. The van der Waals surface area contributed by atoms with Crippen molar-refractivity contribution in [2.45, 2.75) is 5.92 Å². The monoisotopic (exact) mass is 348 g/mol. The quantitative estimate of drug-likeness (QED) is 0.470. The first-order valence-corrected chi connectivity index (χ1v) is 8.51. The van der Waals surface area contributed by atoms with E-state index in [-0.39, 0.29) is 11.7 Å². The van der Waals surface area contributed by atoms with Gasteiger partial charge < -0.3 is 0 Å². The average molecular weight is 349 g/mol. The smallest absolute Gasteiger partial charge is 0.123 e. The third-order valence-corrected chi connectivity index (χ3v) is 4.25. The maximum atomic E-state index is 13.5. The molecule has 2 heteroatoms. The molecule has 0 aliphatic rings. The molecule has 0 amide bonds. The SMILES string of the molecule is Fc1cccc(/C(Cl)=C/C(/C=C/c2ccccc2)c2ccccc2)c1. The number of allylic oxidation sites excluding steroid dienone is 2. The minimum absolute atomic E-state index is 0.00262. The van der Waals surface area contributed by atoms with E-state index >= 15 is 0 Å². The van der Waals surface area contributed by atoms with E-state index in [4.69, 9.17) is 11.6 Å². The third-order valence-electron chi connectivity index (χ3n) is 3.91. The van der Waals surface area contributed by atoms with Crippen LogP contribution >= 0.6 is 11.6 Å². The highest BCUT2D eigenvalue weighted by atomic mass is 35.5. The molecule has 124 valence electrons. The van der Waals surface area contributed by atoms with Gasteiger partial charge in [0.25, 0.3) is 0 Å². The molecular formula is C23H18ClF. The molecule has 0 aliphatic heterocycles. The molecule has 3 aromatic carbocycles. The summed E-state index contributed by atoms with van der Waals surface area (Å²) in [5, 5.41) is 0.533. The molecule has 3 aromatic rings. The van der Waals surface area contributed by atoms with E-state index in [1.54, 1.807) is 6.07 Å². The van der Waals surface area contributed by atoms with E-state index in [1.165, 1.54) is 12.1 Å². The van der Waals surface area contributed by atoms with Crippen LogP contribution in [0.2, 0.25) is 0 Å². The van der Waals surface area contributed by atoms with E-state index in [1.807, 2.05) is 48.5 Å². The maximum Gasteiger partial charge on any atom is 0.123 e. The molecule has 0 radical (unpaired) electrons. The van der Waals surface area contributed by atoms with Gasteiger partial charge in [-0.25, -0.2) is 4.39 Å². The van der Waals surface area contributed by atoms with Crippen molar-refractivity contribution in [3.63, 3.8) is 0 Å². The van der Waals surface area contributed by atoms with Gasteiger partial charge in [-0.3, -0.25) is 0 Å². The Bertz CT molecular complexity index is 867. The number of hydrogen-bond acceptors (Lipinski definition) is 0. The predicted octanol–water partition coefficient (Wildman–Crippen LogP) is 6.90. The highest BCUT2D eigenvalue weighted by Crippen LogP contribution is 2.28. The molecule has 0 aromatic heterocycles. The van der Waals surface area contributed by atoms with Crippen molar-refractivity contribution in [1.82, 2.24) is 0 Å². The van der Waals surface area contributed by atoms with Crippen LogP contribution in [0.1, 0.15) is 22.6 Å². The number of benzene rings is 3. The Morgan fingerprint density at radius 2 is 1.52 bits per heavy atom. The summed E-state index contributed by atoms with van der Waals surface area (Å²) in [5.41, 5.74) is 2.93. The van der Waals surface area contributed by atoms with Gasteiger partial charge in [-0.15, -0.1) is 0 Å². The summed E-state index contributed by atoms with van der Waals surface area (Å²) in [6, 6.07) is 26.6. The third kappa shape index (κ3) is 4.91. The van der Waals surface area contributed by atoms with Crippen LogP contribution in [0.3, 0.4) is 0 Å². The first kappa shape index (κ1) is 17.2. The predicted molar refractivity (Wildman–Crippen MR) is 105 cm³/mol. The molecule has 0 fully saturated rings. The first-order chi connectivity index (χ1) is 12.2. The Hall–Kier alpha value is -2.64. The lowest BCUT2D eigenvalue weighted by molar-refractivity contribution is 0.627. The average Bonchev–Trinajstić information content (AvgIpc) is 2.66. The molecule has 0 heterocycles. The van der Waals surface area contributed by atoms with Crippen LogP contribution in [0, 0.1) is 5.82 Å². The standard InChI is InChI=1S/C23H18ClF/c24-23(21-12-7-13-22(25)16-21)17-20(19-10-5-2-6-11-19)15-14-18-8-3-1-4-9-18/h1-17,20H/b15-14+,23-17-. The second kappa shape index (κ2) is 8.46. The van der Waals surface area contributed by atoms with Crippen molar-refractivity contribution in [2.24, 2.45) is 0 Å². The lowest BCUT2D eigenvalue weighted by atomic mass is 9.96. The van der Waals surface area contributed by atoms with E-state index in [0.29, 0.717) is 10.6 Å². The maximum absolute atomic E-state index is 13.5. The largest absolute Gasteiger partial charge is 0.207 e. The van der Waals surface area contributed by atoms with Gasteiger partial charge >= 0.3 is 0 Å². The summed E-state index contributed by atoms with van der Waals surface area (Å²) in [5.74, 6) is -0.294. The number of halogens is 2. The fourth-order valence-corrected chi connectivity index (χ4v) is 2.86. The zero-order chi connectivity index (χ0) is 17.5. The molecule has 25 heavy (non-hydrogen) atoms. The summed E-state index contributed by atoms with van der Waals surface area (Å²) in [6.45, 7) is 0. The molecule has 0 spiro atoms. The highest BCUT2D eigenvalue weighted by Gasteiger charge is 2.08. The van der Waals surface area contributed by atoms with Gasteiger partial charge in [0, 0.05) is 11.0 Å². The van der Waals surface area contributed by atoms with Crippen LogP contribution in [-0.2, 0) is 0 Å². The molecule has 0 bridgehead atoms. The van der Waals surface area contributed by atoms with Crippen molar-refractivity contribution in [3.05, 3.63) is 120 Å². The fraction of sp³-hybridized carbons (Fsp3) is 0.0435. The second-order valence-corrected chi connectivity index (χ2v) is 6.14. The Labute approximate surface area is 152 Å². The molecule has 0 aliphatic carbocycles. The summed E-state index contributed by atoms with van der Waals surface area (Å²) in [4.78, 5) is 0. The lowest BCUT2D eigenvalue weighted by Crippen LogP contribution is -1.92. The Morgan fingerprint density at radius 1 is 0.840 bits per heavy atom. The minimum atomic E-state index is -0.292. The van der Waals surface area contributed by atoms with Gasteiger partial charge in [0.05, 0.1) is 0 Å². The normalized spacial score (nSPS) is 13.1. The van der Waals surface area contributed by atoms with E-state index in [0.717, 1.165) is 11.1 Å². The van der Waals surface area contributed by atoms with Gasteiger partial charge in [0.2, 0.25) is 0 Å². The summed E-state index contributed by atoms with van der Waals surface area (Å²) < 4.78 is 13.5. The van der Waals surface area contributed by atoms with Gasteiger partial charge in [-0.05, 0) is 28.8 Å². The van der Waals surface area contributed by atoms with E-state index in [9.17, 15) is 4.39 Å². The molecule has 0 saturated heterocycles. The van der Waals surface area contributed by atoms with E-state index < -0.39 is 0 Å². The summed E-state index contributed by atoms with van der Waals surface area (Å²) >= 11 is 6.47. The van der Waals surface area contributed by atoms with Crippen LogP contribution in [0.5, 0.6) is 0 Å². The highest BCUT2D eigenvalue weighted by molar-refractivity contribution is 6.48. The second-order valence-electron chi connectivity index (χ2n) is 5.73. The molecule has 0 nitrogen and oxygen atoms in total. The molecule has 0 N–H and O–H groups in total.